The number of rotatable bonds is 3. The van der Waals surface area contributed by atoms with Gasteiger partial charge in [-0.15, -0.1) is 0 Å². The second-order valence-electron chi connectivity index (χ2n) is 5.18. The van der Waals surface area contributed by atoms with Crippen LogP contribution in [-0.2, 0) is 4.79 Å². The number of carbonyl (C=O) groups excluding carboxylic acids is 2. The Bertz CT molecular complexity index is 528. The van der Waals surface area contributed by atoms with E-state index in [1.165, 1.54) is 5.56 Å². The Morgan fingerprint density at radius 1 is 1.35 bits per heavy atom. The smallest absolute Gasteiger partial charge is 0.315 e. The highest BCUT2D eigenvalue weighted by molar-refractivity contribution is 5.96. The SMILES string of the molecule is CCNC(=O)N[C@@H]1CC(=O)N(c2ccc(C)c(C)c2)C1. The van der Waals surface area contributed by atoms with Gasteiger partial charge in [0.2, 0.25) is 5.91 Å². The van der Waals surface area contributed by atoms with Crippen LogP contribution in [-0.4, -0.2) is 31.1 Å². The van der Waals surface area contributed by atoms with Crippen molar-refractivity contribution in [3.8, 4) is 0 Å². The predicted octanol–water partition coefficient (Wildman–Crippen LogP) is 1.73. The molecule has 3 amide bonds. The van der Waals surface area contributed by atoms with Gasteiger partial charge in [-0.05, 0) is 44.0 Å². The van der Waals surface area contributed by atoms with E-state index in [2.05, 4.69) is 10.6 Å². The number of urea groups is 1. The van der Waals surface area contributed by atoms with Gasteiger partial charge < -0.3 is 15.5 Å². The van der Waals surface area contributed by atoms with Gasteiger partial charge in [0.15, 0.2) is 0 Å². The molecule has 0 bridgehead atoms. The number of nitrogens with one attached hydrogen (secondary N) is 2. The van der Waals surface area contributed by atoms with Crippen LogP contribution < -0.4 is 15.5 Å². The Hall–Kier alpha value is -2.04. The molecule has 5 nitrogen and oxygen atoms in total. The van der Waals surface area contributed by atoms with E-state index in [-0.39, 0.29) is 18.0 Å². The summed E-state index contributed by atoms with van der Waals surface area (Å²) in [6, 6.07) is 5.64. The van der Waals surface area contributed by atoms with Gasteiger partial charge in [0.05, 0.1) is 6.04 Å². The van der Waals surface area contributed by atoms with Crippen LogP contribution in [0.3, 0.4) is 0 Å². The molecule has 0 saturated carbocycles. The van der Waals surface area contributed by atoms with Crippen molar-refractivity contribution >= 4 is 17.6 Å². The van der Waals surface area contributed by atoms with Crippen molar-refractivity contribution in [1.29, 1.82) is 0 Å². The standard InChI is InChI=1S/C15H21N3O2/c1-4-16-15(20)17-12-8-14(19)18(9-12)13-6-5-10(2)11(3)7-13/h5-7,12H,4,8-9H2,1-3H3,(H2,16,17,20)/t12-/m1/s1. The molecular formula is C15H21N3O2. The minimum absolute atomic E-state index is 0.0510. The fourth-order valence-electron chi connectivity index (χ4n) is 2.34. The highest BCUT2D eigenvalue weighted by atomic mass is 16.2. The molecule has 0 radical (unpaired) electrons. The Morgan fingerprint density at radius 2 is 2.10 bits per heavy atom. The Morgan fingerprint density at radius 3 is 2.75 bits per heavy atom. The van der Waals surface area contributed by atoms with Crippen molar-refractivity contribution in [3.05, 3.63) is 29.3 Å². The number of aryl methyl sites for hydroxylation is 2. The van der Waals surface area contributed by atoms with Gasteiger partial charge in [0.1, 0.15) is 0 Å². The molecule has 0 aromatic heterocycles. The molecule has 0 spiro atoms. The molecule has 1 fully saturated rings. The number of nitrogens with zero attached hydrogens (tertiary/aromatic N) is 1. The monoisotopic (exact) mass is 275 g/mol. The van der Waals surface area contributed by atoms with Gasteiger partial charge in [-0.2, -0.15) is 0 Å². The van der Waals surface area contributed by atoms with Gasteiger partial charge in [0, 0.05) is 25.2 Å². The lowest BCUT2D eigenvalue weighted by atomic mass is 10.1. The first-order valence-electron chi connectivity index (χ1n) is 6.93. The average molecular weight is 275 g/mol. The summed E-state index contributed by atoms with van der Waals surface area (Å²) >= 11 is 0. The molecule has 1 aliphatic heterocycles. The van der Waals surface area contributed by atoms with E-state index < -0.39 is 0 Å². The molecule has 1 aromatic rings. The highest BCUT2D eigenvalue weighted by Crippen LogP contribution is 2.23. The minimum atomic E-state index is -0.216. The second kappa shape index (κ2) is 5.94. The lowest BCUT2D eigenvalue weighted by molar-refractivity contribution is -0.117. The first kappa shape index (κ1) is 14.4. The van der Waals surface area contributed by atoms with Crippen LogP contribution in [0.15, 0.2) is 18.2 Å². The van der Waals surface area contributed by atoms with Gasteiger partial charge in [-0.1, -0.05) is 6.07 Å². The third-order valence-electron chi connectivity index (χ3n) is 3.60. The quantitative estimate of drug-likeness (QED) is 0.882. The maximum Gasteiger partial charge on any atom is 0.315 e. The van der Waals surface area contributed by atoms with Crippen LogP contribution in [0.4, 0.5) is 10.5 Å². The zero-order valence-electron chi connectivity index (χ0n) is 12.2. The summed E-state index contributed by atoms with van der Waals surface area (Å²) in [5.74, 6) is 0.0510. The van der Waals surface area contributed by atoms with E-state index in [4.69, 9.17) is 0 Å². The lowest BCUT2D eigenvalue weighted by Gasteiger charge is -2.18. The Balaban J connectivity index is 2.05. The molecule has 2 rings (SSSR count). The largest absolute Gasteiger partial charge is 0.338 e. The molecular weight excluding hydrogens is 254 g/mol. The number of hydrogen-bond donors (Lipinski definition) is 2. The number of hydrogen-bond acceptors (Lipinski definition) is 2. The van der Waals surface area contributed by atoms with E-state index in [1.54, 1.807) is 4.90 Å². The molecule has 20 heavy (non-hydrogen) atoms. The van der Waals surface area contributed by atoms with Crippen molar-refractivity contribution in [2.45, 2.75) is 33.2 Å². The lowest BCUT2D eigenvalue weighted by Crippen LogP contribution is -2.43. The Labute approximate surface area is 119 Å². The molecule has 0 unspecified atom stereocenters. The van der Waals surface area contributed by atoms with E-state index in [0.717, 1.165) is 11.3 Å². The van der Waals surface area contributed by atoms with Crippen molar-refractivity contribution in [1.82, 2.24) is 10.6 Å². The molecule has 1 aromatic carbocycles. The van der Waals surface area contributed by atoms with E-state index in [1.807, 2.05) is 39.0 Å². The number of carbonyl (C=O) groups is 2. The normalized spacial score (nSPS) is 18.2. The van der Waals surface area contributed by atoms with Crippen LogP contribution in [0.2, 0.25) is 0 Å². The summed E-state index contributed by atoms with van der Waals surface area (Å²) in [6.45, 7) is 7.04. The molecule has 1 heterocycles. The number of amides is 3. The average Bonchev–Trinajstić information content (AvgIpc) is 2.74. The molecule has 108 valence electrons. The first-order chi connectivity index (χ1) is 9.51. The van der Waals surface area contributed by atoms with Crippen molar-refractivity contribution < 1.29 is 9.59 Å². The van der Waals surface area contributed by atoms with Gasteiger partial charge in [-0.3, -0.25) is 4.79 Å². The van der Waals surface area contributed by atoms with Crippen LogP contribution in [0.5, 0.6) is 0 Å². The summed E-state index contributed by atoms with van der Waals surface area (Å²) in [5, 5.41) is 5.50. The zero-order chi connectivity index (χ0) is 14.7. The molecule has 5 heteroatoms. The molecule has 2 N–H and O–H groups in total. The van der Waals surface area contributed by atoms with E-state index in [0.29, 0.717) is 19.5 Å². The van der Waals surface area contributed by atoms with Gasteiger partial charge in [-0.25, -0.2) is 4.79 Å². The zero-order valence-corrected chi connectivity index (χ0v) is 12.2. The summed E-state index contributed by atoms with van der Waals surface area (Å²) in [7, 11) is 0. The van der Waals surface area contributed by atoms with Gasteiger partial charge >= 0.3 is 6.03 Å². The van der Waals surface area contributed by atoms with Crippen LogP contribution >= 0.6 is 0 Å². The summed E-state index contributed by atoms with van der Waals surface area (Å²) < 4.78 is 0. The summed E-state index contributed by atoms with van der Waals surface area (Å²) in [4.78, 5) is 25.3. The topological polar surface area (TPSA) is 61.4 Å². The fraction of sp³-hybridized carbons (Fsp3) is 0.467. The third-order valence-corrected chi connectivity index (χ3v) is 3.60. The van der Waals surface area contributed by atoms with Crippen LogP contribution in [0.25, 0.3) is 0 Å². The first-order valence-corrected chi connectivity index (χ1v) is 6.93. The molecule has 0 aliphatic carbocycles. The van der Waals surface area contributed by atoms with Gasteiger partial charge in [0.25, 0.3) is 0 Å². The Kier molecular flexibility index (Phi) is 4.27. The molecule has 1 saturated heterocycles. The highest BCUT2D eigenvalue weighted by Gasteiger charge is 2.31. The molecule has 1 atom stereocenters. The summed E-state index contributed by atoms with van der Waals surface area (Å²) in [5.41, 5.74) is 3.27. The van der Waals surface area contributed by atoms with Crippen molar-refractivity contribution in [2.75, 3.05) is 18.0 Å². The van der Waals surface area contributed by atoms with E-state index >= 15 is 0 Å². The molecule has 1 aliphatic rings. The third kappa shape index (κ3) is 3.10. The maximum absolute atomic E-state index is 12.1. The maximum atomic E-state index is 12.1. The van der Waals surface area contributed by atoms with Crippen LogP contribution in [0, 0.1) is 13.8 Å². The summed E-state index contributed by atoms with van der Waals surface area (Å²) in [6.07, 6.45) is 0.351. The minimum Gasteiger partial charge on any atom is -0.338 e. The number of benzene rings is 1. The van der Waals surface area contributed by atoms with Crippen molar-refractivity contribution in [2.24, 2.45) is 0 Å². The fourth-order valence-corrected chi connectivity index (χ4v) is 2.34. The van der Waals surface area contributed by atoms with Crippen molar-refractivity contribution in [3.63, 3.8) is 0 Å². The van der Waals surface area contributed by atoms with E-state index in [9.17, 15) is 9.59 Å². The second-order valence-corrected chi connectivity index (χ2v) is 5.18. The number of anilines is 1. The predicted molar refractivity (Wildman–Crippen MR) is 78.9 cm³/mol. The van der Waals surface area contributed by atoms with Crippen LogP contribution in [0.1, 0.15) is 24.5 Å².